The van der Waals surface area contributed by atoms with Crippen LogP contribution in [-0.2, 0) is 11.4 Å². The van der Waals surface area contributed by atoms with Gasteiger partial charge in [-0.1, -0.05) is 48.2 Å². The molecule has 4 rings (SSSR count). The fraction of sp³-hybridized carbons (Fsp3) is 0.136. The minimum atomic E-state index is -0.876. The number of nitrogens with one attached hydrogen (secondary N) is 1. The third-order valence-corrected chi connectivity index (χ3v) is 5.78. The molecule has 0 aliphatic carbocycles. The monoisotopic (exact) mass is 421 g/mol. The number of amides is 1. The molecule has 1 N–H and O–H groups in total. The van der Waals surface area contributed by atoms with E-state index in [0.717, 1.165) is 16.9 Å². The van der Waals surface area contributed by atoms with Crippen LogP contribution in [0.25, 0.3) is 0 Å². The number of hydrogen-bond acceptors (Lipinski definition) is 6. The number of anilines is 2. The normalized spacial score (nSPS) is 11.9. The van der Waals surface area contributed by atoms with Crippen molar-refractivity contribution in [3.8, 4) is 0 Å². The first-order valence-electron chi connectivity index (χ1n) is 9.40. The van der Waals surface area contributed by atoms with Crippen LogP contribution in [0.3, 0.4) is 0 Å². The molecular weight excluding hydrogens is 402 g/mol. The lowest BCUT2D eigenvalue weighted by Crippen LogP contribution is -2.28. The Labute approximate surface area is 177 Å². The summed E-state index contributed by atoms with van der Waals surface area (Å²) in [7, 11) is 0. The molecule has 0 fully saturated rings. The molecule has 7 nitrogen and oxygen atoms in total. The number of fused-ring (bicyclic) bond motifs is 2. The first kappa shape index (κ1) is 19.8. The number of nitrogens with zero attached hydrogens (tertiary/aromatic N) is 2. The van der Waals surface area contributed by atoms with Crippen LogP contribution in [0.5, 0.6) is 0 Å². The van der Waals surface area contributed by atoms with Crippen molar-refractivity contribution in [1.82, 2.24) is 5.32 Å². The summed E-state index contributed by atoms with van der Waals surface area (Å²) in [6, 6.07) is 23.9. The molecule has 3 aromatic rings. The van der Waals surface area contributed by atoms with Gasteiger partial charge in [0.05, 0.1) is 11.4 Å². The minimum absolute atomic E-state index is 0.0636. The Balaban J connectivity index is 1.53. The largest absolute Gasteiger partial charge is 0.350 e. The molecular formula is C22H19N3O4S. The lowest BCUT2D eigenvalue weighted by molar-refractivity contribution is -0.757. The predicted octanol–water partition coefficient (Wildman–Crippen LogP) is 4.43. The van der Waals surface area contributed by atoms with Crippen molar-refractivity contribution >= 4 is 29.0 Å². The smallest absolute Gasteiger partial charge is 0.294 e. The molecule has 0 bridgehead atoms. The van der Waals surface area contributed by atoms with Gasteiger partial charge in [0, 0.05) is 28.4 Å². The van der Waals surface area contributed by atoms with Crippen LogP contribution in [-0.4, -0.2) is 24.1 Å². The summed E-state index contributed by atoms with van der Waals surface area (Å²) in [6.45, 7) is 0.492. The van der Waals surface area contributed by atoms with Gasteiger partial charge in [0.15, 0.2) is 0 Å². The van der Waals surface area contributed by atoms with Gasteiger partial charge in [0.1, 0.15) is 6.61 Å². The number of para-hydroxylation sites is 2. The molecule has 0 aromatic heterocycles. The lowest BCUT2D eigenvalue weighted by Gasteiger charge is -2.32. The predicted molar refractivity (Wildman–Crippen MR) is 115 cm³/mol. The van der Waals surface area contributed by atoms with E-state index in [1.165, 1.54) is 9.79 Å². The van der Waals surface area contributed by atoms with Crippen molar-refractivity contribution < 1.29 is 14.7 Å². The van der Waals surface area contributed by atoms with Gasteiger partial charge in [-0.25, -0.2) is 0 Å². The Bertz CT molecular complexity index is 1040. The zero-order valence-corrected chi connectivity index (χ0v) is 16.8. The fourth-order valence-corrected chi connectivity index (χ4v) is 4.43. The summed E-state index contributed by atoms with van der Waals surface area (Å²) in [5, 5.41) is 11.9. The van der Waals surface area contributed by atoms with Crippen LogP contribution in [0.2, 0.25) is 0 Å². The van der Waals surface area contributed by atoms with Gasteiger partial charge in [-0.2, -0.15) is 0 Å². The topological polar surface area (TPSA) is 84.7 Å². The summed E-state index contributed by atoms with van der Waals surface area (Å²) in [5.74, 6) is -0.293. The molecule has 0 unspecified atom stereocenters. The first-order chi connectivity index (χ1) is 14.6. The van der Waals surface area contributed by atoms with Gasteiger partial charge in [-0.3, -0.25) is 4.79 Å². The highest BCUT2D eigenvalue weighted by molar-refractivity contribution is 7.99. The van der Waals surface area contributed by atoms with Crippen molar-refractivity contribution in [2.45, 2.75) is 16.3 Å². The Morgan fingerprint density at radius 2 is 1.67 bits per heavy atom. The standard InChI is InChI=1S/C22H19N3O4S/c26-22(23-12-13-29-25(27)28)17-7-5-6-16(14-17)15-24-18-8-1-3-10-20(18)30-21-11-4-2-9-19(21)24/h1-11,14H,12-13,15H2,(H,23,26). The van der Waals surface area contributed by atoms with Crippen LogP contribution in [0.15, 0.2) is 82.6 Å². The Morgan fingerprint density at radius 3 is 2.33 bits per heavy atom. The van der Waals surface area contributed by atoms with E-state index >= 15 is 0 Å². The maximum absolute atomic E-state index is 12.4. The maximum atomic E-state index is 12.4. The molecule has 0 saturated carbocycles. The molecule has 3 aromatic carbocycles. The SMILES string of the molecule is O=C(NCCO[N+](=O)[O-])c1cccc(CN2c3ccccc3Sc3ccccc32)c1. The van der Waals surface area contributed by atoms with Crippen molar-refractivity contribution in [1.29, 1.82) is 0 Å². The average Bonchev–Trinajstić information content (AvgIpc) is 2.76. The highest BCUT2D eigenvalue weighted by Gasteiger charge is 2.23. The van der Waals surface area contributed by atoms with E-state index in [0.29, 0.717) is 12.1 Å². The Hall–Kier alpha value is -3.52. The van der Waals surface area contributed by atoms with Gasteiger partial charge < -0.3 is 15.1 Å². The summed E-state index contributed by atoms with van der Waals surface area (Å²) in [5.41, 5.74) is 3.75. The number of carbonyl (C=O) groups is 1. The summed E-state index contributed by atoms with van der Waals surface area (Å²) in [4.78, 5) is 31.4. The van der Waals surface area contributed by atoms with E-state index in [1.807, 2.05) is 42.5 Å². The minimum Gasteiger partial charge on any atom is -0.350 e. The zero-order valence-electron chi connectivity index (χ0n) is 16.0. The second-order valence-corrected chi connectivity index (χ2v) is 7.72. The van der Waals surface area contributed by atoms with E-state index in [1.54, 1.807) is 17.8 Å². The highest BCUT2D eigenvalue weighted by atomic mass is 32.2. The van der Waals surface area contributed by atoms with E-state index in [4.69, 9.17) is 0 Å². The quantitative estimate of drug-likeness (QED) is 0.345. The zero-order chi connectivity index (χ0) is 20.9. The molecule has 1 aliphatic rings. The van der Waals surface area contributed by atoms with Gasteiger partial charge >= 0.3 is 0 Å². The third kappa shape index (κ3) is 4.38. The number of hydrogen-bond donors (Lipinski definition) is 1. The number of carbonyl (C=O) groups excluding carboxylic acids is 1. The van der Waals surface area contributed by atoms with Crippen LogP contribution >= 0.6 is 11.8 Å². The molecule has 0 spiro atoms. The summed E-state index contributed by atoms with van der Waals surface area (Å²) in [6.07, 6.45) is 0. The molecule has 0 atom stereocenters. The van der Waals surface area contributed by atoms with Gasteiger partial charge in [0.25, 0.3) is 11.0 Å². The molecule has 8 heteroatoms. The molecule has 0 radical (unpaired) electrons. The molecule has 0 saturated heterocycles. The van der Waals surface area contributed by atoms with Crippen molar-refractivity contribution in [2.24, 2.45) is 0 Å². The maximum Gasteiger partial charge on any atom is 0.294 e. The number of rotatable bonds is 7. The Morgan fingerprint density at radius 1 is 1.00 bits per heavy atom. The van der Waals surface area contributed by atoms with E-state index < -0.39 is 5.09 Å². The number of benzene rings is 3. The second-order valence-electron chi connectivity index (χ2n) is 6.64. The van der Waals surface area contributed by atoms with Gasteiger partial charge in [-0.15, -0.1) is 10.1 Å². The average molecular weight is 421 g/mol. The first-order valence-corrected chi connectivity index (χ1v) is 10.2. The fourth-order valence-electron chi connectivity index (χ4n) is 3.33. The van der Waals surface area contributed by atoms with Crippen LogP contribution < -0.4 is 10.2 Å². The van der Waals surface area contributed by atoms with Gasteiger partial charge in [0.2, 0.25) is 0 Å². The second kappa shape index (κ2) is 8.87. The molecule has 30 heavy (non-hydrogen) atoms. The van der Waals surface area contributed by atoms with E-state index in [9.17, 15) is 14.9 Å². The molecule has 1 amide bonds. The highest BCUT2D eigenvalue weighted by Crippen LogP contribution is 2.48. The lowest BCUT2D eigenvalue weighted by atomic mass is 10.1. The van der Waals surface area contributed by atoms with Crippen molar-refractivity contribution in [3.05, 3.63) is 94.0 Å². The Kier molecular flexibility index (Phi) is 5.85. The van der Waals surface area contributed by atoms with Crippen LogP contribution in [0.1, 0.15) is 15.9 Å². The van der Waals surface area contributed by atoms with Crippen LogP contribution in [0.4, 0.5) is 11.4 Å². The van der Waals surface area contributed by atoms with Crippen molar-refractivity contribution in [2.75, 3.05) is 18.1 Å². The van der Waals surface area contributed by atoms with Crippen molar-refractivity contribution in [3.63, 3.8) is 0 Å². The van der Waals surface area contributed by atoms with Gasteiger partial charge in [-0.05, 0) is 42.0 Å². The van der Waals surface area contributed by atoms with Crippen LogP contribution in [0, 0.1) is 10.1 Å². The third-order valence-electron chi connectivity index (χ3n) is 4.65. The van der Waals surface area contributed by atoms with E-state index in [2.05, 4.69) is 39.3 Å². The molecule has 1 aliphatic heterocycles. The summed E-state index contributed by atoms with van der Waals surface area (Å²) < 4.78 is 0. The summed E-state index contributed by atoms with van der Waals surface area (Å²) >= 11 is 1.75. The molecule has 1 heterocycles. The van der Waals surface area contributed by atoms with E-state index in [-0.39, 0.29) is 19.1 Å². The molecule has 152 valence electrons.